The van der Waals surface area contributed by atoms with Crippen molar-refractivity contribution in [1.29, 1.82) is 0 Å². The van der Waals surface area contributed by atoms with Crippen LogP contribution in [0.4, 0.5) is 0 Å². The van der Waals surface area contributed by atoms with Crippen molar-refractivity contribution >= 4 is 0 Å². The molecule has 0 radical (unpaired) electrons. The van der Waals surface area contributed by atoms with Crippen LogP contribution in [-0.4, -0.2) is 38.4 Å². The van der Waals surface area contributed by atoms with Gasteiger partial charge in [-0.2, -0.15) is 5.10 Å². The van der Waals surface area contributed by atoms with Crippen LogP contribution in [0.15, 0.2) is 41.1 Å². The number of aromatic nitrogens is 4. The molecule has 126 valence electrons. The van der Waals surface area contributed by atoms with E-state index in [0.717, 1.165) is 48.9 Å². The summed E-state index contributed by atoms with van der Waals surface area (Å²) in [6, 6.07) is 9.83. The average Bonchev–Trinajstić information content (AvgIpc) is 3.15. The monoisotopic (exact) mass is 325 g/mol. The first-order chi connectivity index (χ1) is 11.6. The van der Waals surface area contributed by atoms with E-state index in [1.54, 1.807) is 6.20 Å². The smallest absolute Gasteiger partial charge is 0.151 e. The number of hydrogen-bond acceptors (Lipinski definition) is 5. The van der Waals surface area contributed by atoms with Gasteiger partial charge in [0, 0.05) is 31.0 Å². The van der Waals surface area contributed by atoms with Gasteiger partial charge in [-0.25, -0.2) is 0 Å². The van der Waals surface area contributed by atoms with Gasteiger partial charge in [-0.1, -0.05) is 11.2 Å². The lowest BCUT2D eigenvalue weighted by Crippen LogP contribution is -2.20. The zero-order valence-electron chi connectivity index (χ0n) is 14.4. The topological polar surface area (TPSA) is 60.0 Å². The van der Waals surface area contributed by atoms with Crippen molar-refractivity contribution in [2.75, 3.05) is 13.6 Å². The molecule has 6 nitrogen and oxygen atoms in total. The van der Waals surface area contributed by atoms with Crippen LogP contribution >= 0.6 is 0 Å². The molecule has 0 N–H and O–H groups in total. The predicted molar refractivity (Wildman–Crippen MR) is 92.4 cm³/mol. The number of pyridine rings is 1. The Kier molecular flexibility index (Phi) is 5.05. The minimum atomic E-state index is 0.733. The van der Waals surface area contributed by atoms with Crippen LogP contribution in [0, 0.1) is 13.8 Å². The lowest BCUT2D eigenvalue weighted by molar-refractivity contribution is 0.265. The Morgan fingerprint density at radius 2 is 2.04 bits per heavy atom. The van der Waals surface area contributed by atoms with Gasteiger partial charge in [-0.15, -0.1) is 0 Å². The third-order valence-corrected chi connectivity index (χ3v) is 3.93. The molecule has 0 aliphatic rings. The molecule has 3 aromatic heterocycles. The van der Waals surface area contributed by atoms with Gasteiger partial charge in [0.1, 0.15) is 5.69 Å². The molecule has 6 heteroatoms. The van der Waals surface area contributed by atoms with Crippen molar-refractivity contribution in [2.45, 2.75) is 33.4 Å². The third-order valence-electron chi connectivity index (χ3n) is 3.93. The van der Waals surface area contributed by atoms with E-state index in [0.29, 0.717) is 0 Å². The molecule has 0 unspecified atom stereocenters. The Labute approximate surface area is 142 Å². The van der Waals surface area contributed by atoms with Crippen LogP contribution in [0.3, 0.4) is 0 Å². The fourth-order valence-electron chi connectivity index (χ4n) is 2.76. The van der Waals surface area contributed by atoms with Crippen molar-refractivity contribution in [2.24, 2.45) is 0 Å². The lowest BCUT2D eigenvalue weighted by atomic mass is 10.2. The second-order valence-corrected chi connectivity index (χ2v) is 6.14. The molecule has 3 heterocycles. The fourth-order valence-corrected chi connectivity index (χ4v) is 2.76. The molecule has 0 aliphatic carbocycles. The van der Waals surface area contributed by atoms with E-state index < -0.39 is 0 Å². The molecule has 3 aromatic rings. The second-order valence-electron chi connectivity index (χ2n) is 6.14. The van der Waals surface area contributed by atoms with Gasteiger partial charge in [0.25, 0.3) is 0 Å². The largest absolute Gasteiger partial charge is 0.359 e. The van der Waals surface area contributed by atoms with E-state index in [1.165, 1.54) is 5.69 Å². The molecule has 0 spiro atoms. The maximum atomic E-state index is 5.43. The van der Waals surface area contributed by atoms with Gasteiger partial charge in [0.05, 0.1) is 17.9 Å². The van der Waals surface area contributed by atoms with E-state index in [-0.39, 0.29) is 0 Å². The zero-order chi connectivity index (χ0) is 16.9. The standard InChI is InChI=1S/C18H23N5O/c1-14-11-15(2)23(20-14)10-6-9-22(3)13-16-12-18(21-24-16)17-7-4-5-8-19-17/h4-5,7-8,11-12H,6,9-10,13H2,1-3H3. The van der Waals surface area contributed by atoms with Crippen molar-refractivity contribution < 1.29 is 4.52 Å². The van der Waals surface area contributed by atoms with Crippen LogP contribution in [-0.2, 0) is 13.1 Å². The van der Waals surface area contributed by atoms with Crippen LogP contribution in [0.2, 0.25) is 0 Å². The Hall–Kier alpha value is -2.47. The zero-order valence-corrected chi connectivity index (χ0v) is 14.4. The van der Waals surface area contributed by atoms with Gasteiger partial charge >= 0.3 is 0 Å². The number of hydrogen-bond donors (Lipinski definition) is 0. The van der Waals surface area contributed by atoms with Gasteiger partial charge < -0.3 is 4.52 Å². The molecular weight excluding hydrogens is 302 g/mol. The molecule has 0 saturated heterocycles. The molecule has 0 atom stereocenters. The van der Waals surface area contributed by atoms with E-state index >= 15 is 0 Å². The van der Waals surface area contributed by atoms with E-state index in [1.807, 2.05) is 31.2 Å². The highest BCUT2D eigenvalue weighted by Crippen LogP contribution is 2.17. The number of nitrogens with zero attached hydrogens (tertiary/aromatic N) is 5. The summed E-state index contributed by atoms with van der Waals surface area (Å²) in [5.41, 5.74) is 3.90. The predicted octanol–water partition coefficient (Wildman–Crippen LogP) is 3.07. The van der Waals surface area contributed by atoms with Gasteiger partial charge in [0.2, 0.25) is 0 Å². The van der Waals surface area contributed by atoms with Crippen molar-refractivity contribution in [3.05, 3.63) is 53.7 Å². The van der Waals surface area contributed by atoms with Crippen LogP contribution in [0.5, 0.6) is 0 Å². The molecular formula is C18H23N5O. The second kappa shape index (κ2) is 7.40. The maximum Gasteiger partial charge on any atom is 0.151 e. The highest BCUT2D eigenvalue weighted by Gasteiger charge is 2.10. The molecule has 0 bridgehead atoms. The lowest BCUT2D eigenvalue weighted by Gasteiger charge is -2.14. The molecule has 0 fully saturated rings. The van der Waals surface area contributed by atoms with Gasteiger partial charge in [-0.05, 0) is 45.5 Å². The highest BCUT2D eigenvalue weighted by molar-refractivity contribution is 5.52. The van der Waals surface area contributed by atoms with E-state index in [2.05, 4.69) is 44.9 Å². The summed E-state index contributed by atoms with van der Waals surface area (Å²) < 4.78 is 7.49. The molecule has 0 saturated carbocycles. The van der Waals surface area contributed by atoms with Crippen molar-refractivity contribution in [1.82, 2.24) is 24.8 Å². The van der Waals surface area contributed by atoms with Gasteiger partial charge in [-0.3, -0.25) is 14.6 Å². The highest BCUT2D eigenvalue weighted by atomic mass is 16.5. The van der Waals surface area contributed by atoms with Gasteiger partial charge in [0.15, 0.2) is 5.76 Å². The number of rotatable bonds is 7. The Balaban J connectivity index is 1.49. The first-order valence-electron chi connectivity index (χ1n) is 8.18. The Morgan fingerprint density at radius 1 is 1.17 bits per heavy atom. The van der Waals surface area contributed by atoms with Crippen LogP contribution < -0.4 is 0 Å². The summed E-state index contributed by atoms with van der Waals surface area (Å²) in [5.74, 6) is 0.851. The molecule has 0 aliphatic heterocycles. The first-order valence-corrected chi connectivity index (χ1v) is 8.18. The minimum absolute atomic E-state index is 0.733. The maximum absolute atomic E-state index is 5.43. The summed E-state index contributed by atoms with van der Waals surface area (Å²) >= 11 is 0. The summed E-state index contributed by atoms with van der Waals surface area (Å²) in [4.78, 5) is 6.52. The Morgan fingerprint density at radius 3 is 2.75 bits per heavy atom. The molecule has 0 amide bonds. The molecule has 3 rings (SSSR count). The van der Waals surface area contributed by atoms with Crippen molar-refractivity contribution in [3.63, 3.8) is 0 Å². The first kappa shape index (κ1) is 16.4. The molecule has 24 heavy (non-hydrogen) atoms. The van der Waals surface area contributed by atoms with Crippen molar-refractivity contribution in [3.8, 4) is 11.4 Å². The summed E-state index contributed by atoms with van der Waals surface area (Å²) in [7, 11) is 2.09. The van der Waals surface area contributed by atoms with Crippen LogP contribution in [0.1, 0.15) is 23.6 Å². The fraction of sp³-hybridized carbons (Fsp3) is 0.389. The SMILES string of the molecule is Cc1cc(C)n(CCCN(C)Cc2cc(-c3ccccn3)no2)n1. The quantitative estimate of drug-likeness (QED) is 0.668. The minimum Gasteiger partial charge on any atom is -0.359 e. The van der Waals surface area contributed by atoms with E-state index in [4.69, 9.17) is 4.52 Å². The number of aryl methyl sites for hydroxylation is 3. The summed E-state index contributed by atoms with van der Waals surface area (Å²) in [5, 5.41) is 8.59. The summed E-state index contributed by atoms with van der Waals surface area (Å²) in [6.07, 6.45) is 2.80. The normalized spacial score (nSPS) is 11.3. The average molecular weight is 325 g/mol. The van der Waals surface area contributed by atoms with E-state index in [9.17, 15) is 0 Å². The molecule has 0 aromatic carbocycles. The Bertz CT molecular complexity index is 778. The third kappa shape index (κ3) is 4.08. The summed E-state index contributed by atoms with van der Waals surface area (Å²) in [6.45, 7) is 6.75. The van der Waals surface area contributed by atoms with Crippen LogP contribution in [0.25, 0.3) is 11.4 Å².